The van der Waals surface area contributed by atoms with Gasteiger partial charge in [0.2, 0.25) is 5.91 Å². The largest absolute Gasteiger partial charge is 0.417 e. The normalized spacial score (nSPS) is 15.8. The minimum Gasteiger partial charge on any atom is -0.359 e. The Hall–Kier alpha value is -3.45. The molecular formula is C26H27F3N4O2S. The first-order chi connectivity index (χ1) is 16.6. The molecule has 0 radical (unpaired) electrons. The first-order valence-corrected chi connectivity index (χ1v) is 11.7. The molecule has 2 amide bonds. The standard InChI is InChI=1S/C26H27F3N4O2S/c1-24(2,21(34)31-5)13-12-16-6-9-18(10-7-16)33-23(36)32(22(35)25(33,3)4)19-11-8-17(15-30)20(14-19)26(27,28)29/h6-11,14H,12-13H2,1-5H3,(H,31,34). The van der Waals surface area contributed by atoms with Gasteiger partial charge in [0.15, 0.2) is 5.11 Å². The molecule has 0 saturated carbocycles. The number of benzene rings is 2. The number of anilines is 2. The molecule has 2 aromatic carbocycles. The van der Waals surface area contributed by atoms with Crippen LogP contribution in [0, 0.1) is 16.7 Å². The Kier molecular flexibility index (Phi) is 7.19. The number of halogens is 3. The second-order valence-corrected chi connectivity index (χ2v) is 10.2. The number of nitrogens with one attached hydrogen (secondary N) is 1. The third-order valence-corrected chi connectivity index (χ3v) is 6.80. The van der Waals surface area contributed by atoms with Crippen LogP contribution in [0.25, 0.3) is 0 Å². The molecule has 0 aliphatic carbocycles. The summed E-state index contributed by atoms with van der Waals surface area (Å²) in [6.45, 7) is 7.05. The number of nitriles is 1. The maximum absolute atomic E-state index is 13.5. The fourth-order valence-corrected chi connectivity index (χ4v) is 4.70. The first kappa shape index (κ1) is 27.1. The quantitative estimate of drug-likeness (QED) is 0.535. The zero-order valence-electron chi connectivity index (χ0n) is 20.7. The van der Waals surface area contributed by atoms with Gasteiger partial charge in [-0.1, -0.05) is 26.0 Å². The highest BCUT2D eigenvalue weighted by atomic mass is 32.1. The van der Waals surface area contributed by atoms with E-state index in [-0.39, 0.29) is 16.7 Å². The molecule has 0 atom stereocenters. The van der Waals surface area contributed by atoms with Gasteiger partial charge in [-0.25, -0.2) is 0 Å². The molecule has 1 aliphatic heterocycles. The maximum atomic E-state index is 13.5. The van der Waals surface area contributed by atoms with Gasteiger partial charge in [0.1, 0.15) is 5.54 Å². The number of nitrogens with zero attached hydrogens (tertiary/aromatic N) is 3. The van der Waals surface area contributed by atoms with Crippen molar-refractivity contribution in [1.29, 1.82) is 5.26 Å². The van der Waals surface area contributed by atoms with Crippen LogP contribution in [0.5, 0.6) is 0 Å². The van der Waals surface area contributed by atoms with E-state index in [1.165, 1.54) is 12.1 Å². The molecule has 1 aliphatic rings. The van der Waals surface area contributed by atoms with Crippen molar-refractivity contribution >= 4 is 40.5 Å². The molecule has 1 saturated heterocycles. The van der Waals surface area contributed by atoms with Gasteiger partial charge in [-0.2, -0.15) is 18.4 Å². The van der Waals surface area contributed by atoms with Crippen LogP contribution in [0.3, 0.4) is 0 Å². The van der Waals surface area contributed by atoms with Gasteiger partial charge in [-0.3, -0.25) is 14.5 Å². The maximum Gasteiger partial charge on any atom is 0.417 e. The Bertz CT molecular complexity index is 1250. The molecule has 3 rings (SSSR count). The summed E-state index contributed by atoms with van der Waals surface area (Å²) in [7, 11) is 1.60. The summed E-state index contributed by atoms with van der Waals surface area (Å²) in [6.07, 6.45) is -3.47. The van der Waals surface area contributed by atoms with Crippen molar-refractivity contribution in [3.8, 4) is 6.07 Å². The predicted molar refractivity (Wildman–Crippen MR) is 135 cm³/mol. The molecule has 36 heavy (non-hydrogen) atoms. The summed E-state index contributed by atoms with van der Waals surface area (Å²) in [4.78, 5) is 28.0. The second-order valence-electron chi connectivity index (χ2n) is 9.79. The number of hydrogen-bond acceptors (Lipinski definition) is 4. The lowest BCUT2D eigenvalue weighted by molar-refractivity contribution is -0.137. The smallest absolute Gasteiger partial charge is 0.359 e. The van der Waals surface area contributed by atoms with Crippen LogP contribution < -0.4 is 15.1 Å². The molecule has 0 unspecified atom stereocenters. The van der Waals surface area contributed by atoms with Crippen molar-refractivity contribution in [3.63, 3.8) is 0 Å². The third kappa shape index (κ3) is 4.93. The number of aryl methyl sites for hydroxylation is 1. The monoisotopic (exact) mass is 516 g/mol. The Morgan fingerprint density at radius 1 is 1.11 bits per heavy atom. The molecule has 0 spiro atoms. The Labute approximate surface area is 213 Å². The number of amides is 2. The lowest BCUT2D eigenvalue weighted by Crippen LogP contribution is -2.44. The van der Waals surface area contributed by atoms with Gasteiger partial charge in [-0.05, 0) is 74.8 Å². The van der Waals surface area contributed by atoms with E-state index < -0.39 is 34.2 Å². The van der Waals surface area contributed by atoms with Crippen molar-refractivity contribution in [2.45, 2.75) is 52.3 Å². The Balaban J connectivity index is 1.90. The first-order valence-electron chi connectivity index (χ1n) is 11.3. The van der Waals surface area contributed by atoms with E-state index in [4.69, 9.17) is 17.5 Å². The fraction of sp³-hybridized carbons (Fsp3) is 0.385. The van der Waals surface area contributed by atoms with Crippen LogP contribution in [-0.4, -0.2) is 29.5 Å². The van der Waals surface area contributed by atoms with Crippen LogP contribution in [-0.2, 0) is 22.2 Å². The molecule has 6 nitrogen and oxygen atoms in total. The van der Waals surface area contributed by atoms with E-state index in [0.29, 0.717) is 18.5 Å². The molecule has 0 aromatic heterocycles. The average Bonchev–Trinajstić information content (AvgIpc) is 3.00. The highest BCUT2D eigenvalue weighted by Crippen LogP contribution is 2.39. The molecular weight excluding hydrogens is 489 g/mol. The Morgan fingerprint density at radius 3 is 2.22 bits per heavy atom. The van der Waals surface area contributed by atoms with Gasteiger partial charge < -0.3 is 10.2 Å². The zero-order valence-corrected chi connectivity index (χ0v) is 21.5. The van der Waals surface area contributed by atoms with Crippen molar-refractivity contribution in [1.82, 2.24) is 5.32 Å². The van der Waals surface area contributed by atoms with Crippen LogP contribution in [0.15, 0.2) is 42.5 Å². The van der Waals surface area contributed by atoms with Gasteiger partial charge in [0.05, 0.1) is 22.9 Å². The van der Waals surface area contributed by atoms with Crippen molar-refractivity contribution in [3.05, 3.63) is 59.2 Å². The number of carbonyl (C=O) groups is 2. The zero-order chi connectivity index (χ0) is 27.1. The Morgan fingerprint density at radius 2 is 1.69 bits per heavy atom. The average molecular weight is 517 g/mol. The summed E-state index contributed by atoms with van der Waals surface area (Å²) >= 11 is 5.57. The fourth-order valence-electron chi connectivity index (χ4n) is 4.18. The van der Waals surface area contributed by atoms with E-state index in [2.05, 4.69) is 5.32 Å². The van der Waals surface area contributed by atoms with Crippen LogP contribution in [0.4, 0.5) is 24.5 Å². The molecule has 1 fully saturated rings. The molecule has 2 aromatic rings. The lowest BCUT2D eigenvalue weighted by Gasteiger charge is -2.29. The van der Waals surface area contributed by atoms with Gasteiger partial charge in [0.25, 0.3) is 5.91 Å². The number of hydrogen-bond donors (Lipinski definition) is 1. The predicted octanol–water partition coefficient (Wildman–Crippen LogP) is 5.20. The molecule has 190 valence electrons. The van der Waals surface area contributed by atoms with Crippen molar-refractivity contribution < 1.29 is 22.8 Å². The van der Waals surface area contributed by atoms with Crippen LogP contribution >= 0.6 is 12.2 Å². The van der Waals surface area contributed by atoms with Crippen molar-refractivity contribution in [2.75, 3.05) is 16.8 Å². The molecule has 0 bridgehead atoms. The van der Waals surface area contributed by atoms with Crippen LogP contribution in [0.2, 0.25) is 0 Å². The topological polar surface area (TPSA) is 76.4 Å². The van der Waals surface area contributed by atoms with E-state index in [1.807, 2.05) is 26.0 Å². The minimum atomic E-state index is -4.76. The van der Waals surface area contributed by atoms with Crippen LogP contribution in [0.1, 0.15) is 50.8 Å². The molecule has 10 heteroatoms. The summed E-state index contributed by atoms with van der Waals surface area (Å²) in [6, 6.07) is 12.0. The number of carbonyl (C=O) groups excluding carboxylic acids is 2. The van der Waals surface area contributed by atoms with E-state index >= 15 is 0 Å². The number of thiocarbonyl (C=S) groups is 1. The number of alkyl halides is 3. The van der Waals surface area contributed by atoms with E-state index in [9.17, 15) is 22.8 Å². The van der Waals surface area contributed by atoms with E-state index in [0.717, 1.165) is 22.6 Å². The lowest BCUT2D eigenvalue weighted by atomic mass is 9.85. The minimum absolute atomic E-state index is 0.0383. The summed E-state index contributed by atoms with van der Waals surface area (Å²) in [5.74, 6) is -0.528. The molecule has 1 heterocycles. The number of rotatable bonds is 6. The highest BCUT2D eigenvalue weighted by molar-refractivity contribution is 7.81. The highest BCUT2D eigenvalue weighted by Gasteiger charge is 2.50. The third-order valence-electron chi connectivity index (χ3n) is 6.43. The van der Waals surface area contributed by atoms with Gasteiger partial charge >= 0.3 is 6.18 Å². The van der Waals surface area contributed by atoms with Crippen molar-refractivity contribution in [2.24, 2.45) is 5.41 Å². The summed E-state index contributed by atoms with van der Waals surface area (Å²) in [5, 5.41) is 11.8. The molecule has 1 N–H and O–H groups in total. The van der Waals surface area contributed by atoms with Gasteiger partial charge in [-0.15, -0.1) is 0 Å². The van der Waals surface area contributed by atoms with E-state index in [1.54, 1.807) is 37.9 Å². The second kappa shape index (κ2) is 9.54. The summed E-state index contributed by atoms with van der Waals surface area (Å²) in [5.41, 5.74) is -1.81. The van der Waals surface area contributed by atoms with Gasteiger partial charge in [0, 0.05) is 18.2 Å². The SMILES string of the molecule is CNC(=O)C(C)(C)CCc1ccc(N2C(=S)N(c3ccc(C#N)c(C(F)(F)F)c3)C(=O)C2(C)C)cc1. The summed E-state index contributed by atoms with van der Waals surface area (Å²) < 4.78 is 40.5.